The minimum absolute atomic E-state index is 0.842. The van der Waals surface area contributed by atoms with Gasteiger partial charge in [-0.25, -0.2) is 0 Å². The van der Waals surface area contributed by atoms with E-state index >= 15 is 0 Å². The van der Waals surface area contributed by atoms with Crippen molar-refractivity contribution >= 4 is 151 Å². The molecule has 0 saturated heterocycles. The highest BCUT2D eigenvalue weighted by atomic mass is 32.1. The predicted octanol–water partition coefficient (Wildman–Crippen LogP) is 28.7. The van der Waals surface area contributed by atoms with E-state index in [1.807, 2.05) is 22.7 Å². The van der Waals surface area contributed by atoms with Crippen LogP contribution in [0.4, 0.5) is 34.1 Å². The van der Waals surface area contributed by atoms with Crippen LogP contribution in [0.3, 0.4) is 0 Å². The Morgan fingerprint density at radius 1 is 0.178 bits per heavy atom. The van der Waals surface area contributed by atoms with Crippen molar-refractivity contribution < 1.29 is 4.42 Å². The smallest absolute Gasteiger partial charge is 0.136 e. The minimum Gasteiger partial charge on any atom is -0.456 e. The van der Waals surface area contributed by atoms with Gasteiger partial charge in [-0.05, 0) is 202 Å². The lowest BCUT2D eigenvalue weighted by atomic mass is 9.92. The van der Waals surface area contributed by atoms with Gasteiger partial charge in [-0.15, -0.1) is 22.7 Å². The van der Waals surface area contributed by atoms with E-state index in [1.54, 1.807) is 0 Å². The maximum atomic E-state index is 7.02. The zero-order valence-electron chi connectivity index (χ0n) is 54.8. The van der Waals surface area contributed by atoms with E-state index in [1.165, 1.54) is 123 Å². The van der Waals surface area contributed by atoms with Crippen molar-refractivity contribution in [2.45, 2.75) is 0 Å². The molecule has 101 heavy (non-hydrogen) atoms. The molecular formula is C96H60N2OS2. The molecule has 0 aliphatic carbocycles. The fourth-order valence-corrected chi connectivity index (χ4v) is 17.9. The lowest BCUT2D eigenvalue weighted by Gasteiger charge is -2.26. The van der Waals surface area contributed by atoms with E-state index in [0.717, 1.165) is 72.6 Å². The molecule has 20 rings (SSSR count). The predicted molar refractivity (Wildman–Crippen MR) is 434 cm³/mol. The van der Waals surface area contributed by atoms with Crippen LogP contribution in [0.5, 0.6) is 0 Å². The van der Waals surface area contributed by atoms with Crippen LogP contribution < -0.4 is 9.80 Å². The second-order valence-electron chi connectivity index (χ2n) is 26.3. The average Bonchev–Trinajstić information content (AvgIpc) is 1.70. The van der Waals surface area contributed by atoms with Crippen LogP contribution in [0.1, 0.15) is 0 Å². The zero-order chi connectivity index (χ0) is 66.5. The highest BCUT2D eigenvalue weighted by Gasteiger charge is 2.23. The Morgan fingerprint density at radius 3 is 0.931 bits per heavy atom. The lowest BCUT2D eigenvalue weighted by Crippen LogP contribution is -2.10. The largest absolute Gasteiger partial charge is 0.456 e. The summed E-state index contributed by atoms with van der Waals surface area (Å²) in [6.45, 7) is 0. The summed E-state index contributed by atoms with van der Waals surface area (Å²) in [4.78, 5) is 4.85. The number of benzene rings is 17. The Labute approximate surface area is 592 Å². The molecule has 472 valence electrons. The van der Waals surface area contributed by atoms with Crippen LogP contribution in [0, 0.1) is 0 Å². The summed E-state index contributed by atoms with van der Waals surface area (Å²) in [5, 5.41) is 14.2. The average molecular weight is 1320 g/mol. The number of hydrogen-bond donors (Lipinski definition) is 0. The van der Waals surface area contributed by atoms with Crippen LogP contribution in [-0.4, -0.2) is 0 Å². The van der Waals surface area contributed by atoms with Crippen molar-refractivity contribution in [3.63, 3.8) is 0 Å². The summed E-state index contributed by atoms with van der Waals surface area (Å²) in [6.07, 6.45) is 0. The highest BCUT2D eigenvalue weighted by Crippen LogP contribution is 2.49. The first-order valence-corrected chi connectivity index (χ1v) is 36.0. The molecule has 5 heteroatoms. The number of fused-ring (bicyclic) bond motifs is 15. The maximum Gasteiger partial charge on any atom is 0.136 e. The molecule has 0 saturated carbocycles. The van der Waals surface area contributed by atoms with Crippen LogP contribution in [0.15, 0.2) is 368 Å². The van der Waals surface area contributed by atoms with Crippen LogP contribution >= 0.6 is 22.7 Å². The Hall–Kier alpha value is -12.6. The third kappa shape index (κ3) is 10.2. The van der Waals surface area contributed by atoms with Gasteiger partial charge in [0.15, 0.2) is 0 Å². The van der Waals surface area contributed by atoms with Gasteiger partial charge >= 0.3 is 0 Å². The minimum atomic E-state index is 0.842. The SMILES string of the molecule is c1ccc(-c2ccc(-c3ccc(N(c4ccc5oc6cc7c8ccc(N(c9ccc(-c%10ccc(-c%11ccccc%11)cc%10)cc9)c9ccc%10sc%11c(-c%12ccccc%12)cccc%11c%10c9)cc8c8ccccc8c7cc6c5c4)c4ccc5sc6c(-c7ccccc7)cccc6c5c4)cc3)cc2)cc1. The monoisotopic (exact) mass is 1320 g/mol. The molecule has 3 aromatic heterocycles. The summed E-state index contributed by atoms with van der Waals surface area (Å²) >= 11 is 3.74. The second kappa shape index (κ2) is 24.1. The van der Waals surface area contributed by atoms with Crippen molar-refractivity contribution in [3.05, 3.63) is 364 Å². The Balaban J connectivity index is 0.715. The topological polar surface area (TPSA) is 19.6 Å². The molecule has 17 aromatic carbocycles. The van der Waals surface area contributed by atoms with Gasteiger partial charge in [0.1, 0.15) is 11.2 Å². The van der Waals surface area contributed by atoms with Gasteiger partial charge in [0.25, 0.3) is 0 Å². The molecule has 0 radical (unpaired) electrons. The molecule has 0 aliphatic heterocycles. The summed E-state index contributed by atoms with van der Waals surface area (Å²) in [5.74, 6) is 0. The molecule has 0 amide bonds. The molecule has 0 N–H and O–H groups in total. The third-order valence-electron chi connectivity index (χ3n) is 20.5. The van der Waals surface area contributed by atoms with E-state index in [-0.39, 0.29) is 0 Å². The van der Waals surface area contributed by atoms with Crippen LogP contribution in [-0.2, 0) is 0 Å². The fraction of sp³-hybridized carbons (Fsp3) is 0. The number of hydrogen-bond acceptors (Lipinski definition) is 5. The summed E-state index contributed by atoms with van der Waals surface area (Å²) < 4.78 is 12.1. The van der Waals surface area contributed by atoms with Crippen LogP contribution in [0.25, 0.3) is 161 Å². The van der Waals surface area contributed by atoms with Gasteiger partial charge in [-0.2, -0.15) is 0 Å². The summed E-state index contributed by atoms with van der Waals surface area (Å²) in [6, 6.07) is 134. The summed E-state index contributed by atoms with van der Waals surface area (Å²) in [5.41, 5.74) is 22.6. The normalized spacial score (nSPS) is 11.8. The van der Waals surface area contributed by atoms with Crippen LogP contribution in [0.2, 0.25) is 0 Å². The van der Waals surface area contributed by atoms with Gasteiger partial charge < -0.3 is 14.2 Å². The number of thiophene rings is 2. The second-order valence-corrected chi connectivity index (χ2v) is 28.4. The molecule has 0 unspecified atom stereocenters. The number of furan rings is 1. The van der Waals surface area contributed by atoms with Crippen molar-refractivity contribution in [1.29, 1.82) is 0 Å². The third-order valence-corrected chi connectivity index (χ3v) is 22.9. The first-order chi connectivity index (χ1) is 50.0. The van der Waals surface area contributed by atoms with E-state index in [0.29, 0.717) is 0 Å². The number of nitrogens with zero attached hydrogens (tertiary/aromatic N) is 2. The Morgan fingerprint density at radius 2 is 0.485 bits per heavy atom. The maximum absolute atomic E-state index is 7.02. The van der Waals surface area contributed by atoms with Gasteiger partial charge in [0.2, 0.25) is 0 Å². The molecule has 3 heterocycles. The number of rotatable bonds is 12. The van der Waals surface area contributed by atoms with Gasteiger partial charge in [0.05, 0.1) is 0 Å². The van der Waals surface area contributed by atoms with Gasteiger partial charge in [0, 0.05) is 85.2 Å². The molecule has 0 fully saturated rings. The molecule has 20 aromatic rings. The van der Waals surface area contributed by atoms with Crippen molar-refractivity contribution in [1.82, 2.24) is 0 Å². The fourth-order valence-electron chi connectivity index (χ4n) is 15.5. The molecule has 0 atom stereocenters. The Bertz CT molecular complexity index is 6580. The van der Waals surface area contributed by atoms with E-state index in [2.05, 4.69) is 374 Å². The quantitative estimate of drug-likeness (QED) is 0.114. The van der Waals surface area contributed by atoms with Crippen molar-refractivity contribution in [2.24, 2.45) is 0 Å². The molecular weight excluding hydrogens is 1260 g/mol. The van der Waals surface area contributed by atoms with Crippen molar-refractivity contribution in [3.8, 4) is 66.8 Å². The Kier molecular flexibility index (Phi) is 14.0. The molecule has 0 bridgehead atoms. The van der Waals surface area contributed by atoms with Gasteiger partial charge in [-0.3, -0.25) is 0 Å². The summed E-state index contributed by atoms with van der Waals surface area (Å²) in [7, 11) is 0. The standard InChI is InChI=1S/C96H60N2OS2/c1-5-17-61(18-6-1)63-31-35-65(36-32-63)67-39-43-71(44-40-67)97(75-49-53-93-89(57-75)82-29-15-27-77(95(82)100-93)69-21-9-3-10-22-69)73-47-51-81-84(55-73)79-25-13-14-26-80(79)85-59-88-87-56-74(48-52-91(87)99-92(88)60-86(81)85)98(72-45-41-68(42-46-72)66-37-33-64(34-38-66)62-19-7-2-8-20-62)76-50-54-94-90(58-76)83-30-16-28-78(96(83)101-94)70-23-11-4-12-24-70/h1-60H. The van der Waals surface area contributed by atoms with E-state index in [9.17, 15) is 0 Å². The highest BCUT2D eigenvalue weighted by molar-refractivity contribution is 7.26. The lowest BCUT2D eigenvalue weighted by molar-refractivity contribution is 0.669. The van der Waals surface area contributed by atoms with E-state index in [4.69, 9.17) is 4.42 Å². The first kappa shape index (κ1) is 58.5. The molecule has 3 nitrogen and oxygen atoms in total. The van der Waals surface area contributed by atoms with E-state index < -0.39 is 0 Å². The van der Waals surface area contributed by atoms with Gasteiger partial charge in [-0.1, -0.05) is 261 Å². The number of anilines is 6. The first-order valence-electron chi connectivity index (χ1n) is 34.4. The molecule has 0 aliphatic rings. The molecule has 0 spiro atoms. The zero-order valence-corrected chi connectivity index (χ0v) is 56.4. The van der Waals surface area contributed by atoms with Crippen molar-refractivity contribution in [2.75, 3.05) is 9.80 Å².